The van der Waals surface area contributed by atoms with Crippen LogP contribution in [0.15, 0.2) is 0 Å². The number of methoxy groups -OCH3 is 1. The normalized spacial score (nSPS) is 6.80. The van der Waals surface area contributed by atoms with Gasteiger partial charge in [-0.1, -0.05) is 0 Å². The van der Waals surface area contributed by atoms with Crippen molar-refractivity contribution in [3.63, 3.8) is 0 Å². The van der Waals surface area contributed by atoms with E-state index in [1.54, 1.807) is 7.11 Å². The monoisotopic (exact) mass is 138 g/mol. The Morgan fingerprint density at radius 1 is 1.80 bits per heavy atom. The van der Waals surface area contributed by atoms with Crippen LogP contribution in [0, 0.1) is 0 Å². The molecule has 2 heteroatoms. The SMILES string of the molecule is COC(C)=[Se]. The summed E-state index contributed by atoms with van der Waals surface area (Å²) >= 11 is 2.68. The molecule has 0 aliphatic carbocycles. The summed E-state index contributed by atoms with van der Waals surface area (Å²) < 4.78 is 5.49. The third-order valence-electron chi connectivity index (χ3n) is 0.287. The van der Waals surface area contributed by atoms with Crippen LogP contribution >= 0.6 is 0 Å². The third kappa shape index (κ3) is 4.19. The van der Waals surface area contributed by atoms with E-state index in [0.717, 1.165) is 4.60 Å². The first-order valence-electron chi connectivity index (χ1n) is 1.32. The average molecular weight is 137 g/mol. The molecular weight excluding hydrogens is 131 g/mol. The Bertz CT molecular complexity index is 42.2. The molecule has 0 radical (unpaired) electrons. The third-order valence-corrected chi connectivity index (χ3v) is 0.637. The molecule has 0 N–H and O–H groups in total. The van der Waals surface area contributed by atoms with Crippen molar-refractivity contribution >= 4 is 20.2 Å². The van der Waals surface area contributed by atoms with Crippen molar-refractivity contribution in [1.82, 2.24) is 0 Å². The van der Waals surface area contributed by atoms with Gasteiger partial charge < -0.3 is 0 Å². The molecule has 0 aliphatic rings. The van der Waals surface area contributed by atoms with Crippen LogP contribution in [0.25, 0.3) is 0 Å². The Kier molecular flexibility index (Phi) is 2.52. The van der Waals surface area contributed by atoms with Gasteiger partial charge in [0.1, 0.15) is 0 Å². The Hall–Kier alpha value is 0.189. The molecule has 30 valence electrons. The van der Waals surface area contributed by atoms with Crippen molar-refractivity contribution in [3.8, 4) is 0 Å². The summed E-state index contributed by atoms with van der Waals surface area (Å²) in [5.41, 5.74) is 0. The van der Waals surface area contributed by atoms with Crippen molar-refractivity contribution in [1.29, 1.82) is 0 Å². The fraction of sp³-hybridized carbons (Fsp3) is 0.667. The maximum atomic E-state index is 4.61. The second kappa shape index (κ2) is 2.43. The molecule has 0 aromatic carbocycles. The van der Waals surface area contributed by atoms with Crippen molar-refractivity contribution in [2.75, 3.05) is 7.11 Å². The average Bonchev–Trinajstić information content (AvgIpc) is 1.38. The number of hydrogen-bond acceptors (Lipinski definition) is 1. The van der Waals surface area contributed by atoms with Gasteiger partial charge in [-0.3, -0.25) is 0 Å². The summed E-state index contributed by atoms with van der Waals surface area (Å²) in [6.07, 6.45) is 0. The zero-order valence-electron chi connectivity index (χ0n) is 3.32. The van der Waals surface area contributed by atoms with E-state index in [1.165, 1.54) is 0 Å². The van der Waals surface area contributed by atoms with E-state index in [-0.39, 0.29) is 0 Å². The molecule has 0 rings (SSSR count). The van der Waals surface area contributed by atoms with E-state index in [1.807, 2.05) is 6.92 Å². The van der Waals surface area contributed by atoms with Crippen LogP contribution in [0.5, 0.6) is 0 Å². The summed E-state index contributed by atoms with van der Waals surface area (Å²) in [5.74, 6) is 0. The standard InChI is InChI=1S/C3H6OSe/c1-3(5)4-2/h1-2H3. The Balaban J connectivity index is 2.85. The van der Waals surface area contributed by atoms with Crippen LogP contribution in [0.4, 0.5) is 0 Å². The molecule has 0 amide bonds. The topological polar surface area (TPSA) is 9.23 Å². The molecule has 0 aromatic heterocycles. The molecular formula is C3H6OSe. The van der Waals surface area contributed by atoms with E-state index in [4.69, 9.17) is 0 Å². The van der Waals surface area contributed by atoms with E-state index in [9.17, 15) is 0 Å². The van der Waals surface area contributed by atoms with Crippen molar-refractivity contribution < 1.29 is 4.74 Å². The van der Waals surface area contributed by atoms with E-state index >= 15 is 0 Å². The van der Waals surface area contributed by atoms with Crippen LogP contribution in [-0.4, -0.2) is 27.3 Å². The zero-order valence-corrected chi connectivity index (χ0v) is 5.03. The van der Waals surface area contributed by atoms with Gasteiger partial charge in [-0.25, -0.2) is 0 Å². The first-order valence-corrected chi connectivity index (χ1v) is 2.17. The fourth-order valence-corrected chi connectivity index (χ4v) is 0. The number of ether oxygens (including phenoxy) is 1. The summed E-state index contributed by atoms with van der Waals surface area (Å²) in [6.45, 7) is 1.86. The van der Waals surface area contributed by atoms with Crippen LogP contribution in [-0.2, 0) is 4.74 Å². The molecule has 0 fully saturated rings. The van der Waals surface area contributed by atoms with Gasteiger partial charge in [0.05, 0.1) is 0 Å². The minimum atomic E-state index is 0.880. The van der Waals surface area contributed by atoms with Gasteiger partial charge in [0.15, 0.2) is 0 Å². The second-order valence-corrected chi connectivity index (χ2v) is 1.90. The van der Waals surface area contributed by atoms with Crippen LogP contribution in [0.2, 0.25) is 0 Å². The summed E-state index contributed by atoms with van der Waals surface area (Å²) in [5, 5.41) is 0. The van der Waals surface area contributed by atoms with Gasteiger partial charge in [-0.15, -0.1) is 0 Å². The molecule has 0 heterocycles. The van der Waals surface area contributed by atoms with Crippen LogP contribution < -0.4 is 0 Å². The predicted octanol–water partition coefficient (Wildman–Crippen LogP) is -0.0489. The molecule has 0 atom stereocenters. The maximum absolute atomic E-state index is 4.61. The van der Waals surface area contributed by atoms with Gasteiger partial charge in [0, 0.05) is 0 Å². The minimum absolute atomic E-state index is 0.880. The van der Waals surface area contributed by atoms with E-state index in [2.05, 4.69) is 20.3 Å². The van der Waals surface area contributed by atoms with Gasteiger partial charge in [-0.05, 0) is 0 Å². The molecule has 0 saturated heterocycles. The summed E-state index contributed by atoms with van der Waals surface area (Å²) in [4.78, 5) is 0. The predicted molar refractivity (Wildman–Crippen MR) is 23.4 cm³/mol. The molecule has 0 bridgehead atoms. The summed E-state index contributed by atoms with van der Waals surface area (Å²) in [6, 6.07) is 0. The molecule has 0 unspecified atom stereocenters. The molecule has 0 spiro atoms. The van der Waals surface area contributed by atoms with Gasteiger partial charge in [0.25, 0.3) is 0 Å². The van der Waals surface area contributed by atoms with Crippen molar-refractivity contribution in [2.24, 2.45) is 0 Å². The number of rotatable bonds is 1. The molecule has 5 heavy (non-hydrogen) atoms. The molecule has 0 aliphatic heterocycles. The van der Waals surface area contributed by atoms with Gasteiger partial charge in [-0.2, -0.15) is 0 Å². The molecule has 0 saturated carbocycles. The van der Waals surface area contributed by atoms with Gasteiger partial charge in [0.2, 0.25) is 0 Å². The first kappa shape index (κ1) is 5.19. The van der Waals surface area contributed by atoms with E-state index < -0.39 is 0 Å². The molecule has 1 nitrogen and oxygen atoms in total. The fourth-order valence-electron chi connectivity index (χ4n) is 0. The molecule has 0 aromatic rings. The van der Waals surface area contributed by atoms with Crippen molar-refractivity contribution in [3.05, 3.63) is 0 Å². The van der Waals surface area contributed by atoms with Crippen LogP contribution in [0.1, 0.15) is 6.92 Å². The van der Waals surface area contributed by atoms with Gasteiger partial charge >= 0.3 is 38.9 Å². The van der Waals surface area contributed by atoms with Crippen LogP contribution in [0.3, 0.4) is 0 Å². The van der Waals surface area contributed by atoms with E-state index in [0.29, 0.717) is 0 Å². The zero-order chi connectivity index (χ0) is 4.28. The van der Waals surface area contributed by atoms with Crippen molar-refractivity contribution in [2.45, 2.75) is 6.92 Å². The Morgan fingerprint density at radius 2 is 2.00 bits per heavy atom. The number of hydrogen-bond donors (Lipinski definition) is 0. The summed E-state index contributed by atoms with van der Waals surface area (Å²) in [7, 11) is 1.63. The Morgan fingerprint density at radius 3 is 2.00 bits per heavy atom. The first-order chi connectivity index (χ1) is 2.27. The second-order valence-electron chi connectivity index (χ2n) is 0.696. The quantitative estimate of drug-likeness (QED) is 0.460. The Labute approximate surface area is 39.7 Å².